The van der Waals surface area contributed by atoms with Crippen LogP contribution in [-0.4, -0.2) is 26.7 Å². The molecule has 0 spiro atoms. The van der Waals surface area contributed by atoms with Crippen molar-refractivity contribution in [1.29, 1.82) is 0 Å². The summed E-state index contributed by atoms with van der Waals surface area (Å²) in [6.07, 6.45) is 0. The monoisotopic (exact) mass is 449 g/mol. The van der Waals surface area contributed by atoms with Crippen molar-refractivity contribution in [2.24, 2.45) is 0 Å². The van der Waals surface area contributed by atoms with E-state index in [2.05, 4.69) is 5.32 Å². The quantitative estimate of drug-likeness (QED) is 0.443. The predicted octanol–water partition coefficient (Wildman–Crippen LogP) is 4.63. The molecule has 0 fully saturated rings. The first-order valence-corrected chi connectivity index (χ1v) is 9.96. The van der Waals surface area contributed by atoms with E-state index in [1.165, 1.54) is 38.5 Å². The van der Waals surface area contributed by atoms with Gasteiger partial charge in [-0.05, 0) is 54.6 Å². The summed E-state index contributed by atoms with van der Waals surface area (Å²) in [7, 11) is 3.01. The molecule has 1 heterocycles. The van der Waals surface area contributed by atoms with Gasteiger partial charge in [-0.25, -0.2) is 4.39 Å². The molecule has 1 aromatic heterocycles. The standard InChI is InChI=1S/C25H20FNO6/c1-30-20-12-7-15(13-21(20)31-2)24-25(23(29)18-5-3-4-6-19(18)33-24)32-14-22(28)27-17-10-8-16(26)9-11-17/h3-13H,14H2,1-2H3,(H,27,28). The molecular weight excluding hydrogens is 429 g/mol. The molecule has 4 rings (SSSR count). The van der Waals surface area contributed by atoms with Crippen molar-refractivity contribution < 1.29 is 27.8 Å². The maximum atomic E-state index is 13.2. The highest BCUT2D eigenvalue weighted by molar-refractivity contribution is 5.92. The number of para-hydroxylation sites is 1. The van der Waals surface area contributed by atoms with Gasteiger partial charge in [-0.3, -0.25) is 9.59 Å². The number of rotatable bonds is 7. The number of fused-ring (bicyclic) bond motifs is 1. The van der Waals surface area contributed by atoms with E-state index >= 15 is 0 Å². The number of methoxy groups -OCH3 is 2. The zero-order chi connectivity index (χ0) is 23.4. The molecule has 0 radical (unpaired) electrons. The largest absolute Gasteiger partial charge is 0.493 e. The first-order valence-electron chi connectivity index (χ1n) is 9.96. The zero-order valence-electron chi connectivity index (χ0n) is 17.9. The van der Waals surface area contributed by atoms with E-state index in [0.29, 0.717) is 33.7 Å². The van der Waals surface area contributed by atoms with E-state index in [-0.39, 0.29) is 11.5 Å². The Labute approximate surface area is 188 Å². The molecule has 0 bridgehead atoms. The fourth-order valence-corrected chi connectivity index (χ4v) is 3.29. The van der Waals surface area contributed by atoms with E-state index in [1.807, 2.05) is 0 Å². The van der Waals surface area contributed by atoms with E-state index in [4.69, 9.17) is 18.6 Å². The number of nitrogens with one attached hydrogen (secondary N) is 1. The summed E-state index contributed by atoms with van der Waals surface area (Å²) in [6, 6.07) is 17.1. The summed E-state index contributed by atoms with van der Waals surface area (Å²) >= 11 is 0. The average Bonchev–Trinajstić information content (AvgIpc) is 2.84. The lowest BCUT2D eigenvalue weighted by molar-refractivity contribution is -0.118. The molecule has 0 saturated heterocycles. The molecular formula is C25H20FNO6. The van der Waals surface area contributed by atoms with Crippen LogP contribution in [0.5, 0.6) is 17.2 Å². The molecule has 168 valence electrons. The highest BCUT2D eigenvalue weighted by atomic mass is 19.1. The van der Waals surface area contributed by atoms with Crippen molar-refractivity contribution >= 4 is 22.6 Å². The molecule has 33 heavy (non-hydrogen) atoms. The van der Waals surface area contributed by atoms with Crippen molar-refractivity contribution in [2.75, 3.05) is 26.1 Å². The van der Waals surface area contributed by atoms with Crippen LogP contribution in [0.4, 0.5) is 10.1 Å². The van der Waals surface area contributed by atoms with Crippen molar-refractivity contribution in [3.05, 3.63) is 82.8 Å². The Morgan fingerprint density at radius 3 is 2.42 bits per heavy atom. The number of benzene rings is 3. The fraction of sp³-hybridized carbons (Fsp3) is 0.120. The Bertz CT molecular complexity index is 1360. The highest BCUT2D eigenvalue weighted by Gasteiger charge is 2.20. The molecule has 3 aromatic carbocycles. The number of amides is 1. The lowest BCUT2D eigenvalue weighted by atomic mass is 10.1. The van der Waals surface area contributed by atoms with Gasteiger partial charge in [-0.15, -0.1) is 0 Å². The Morgan fingerprint density at radius 1 is 0.970 bits per heavy atom. The molecule has 1 N–H and O–H groups in total. The molecule has 0 aliphatic rings. The lowest BCUT2D eigenvalue weighted by Crippen LogP contribution is -2.22. The first kappa shape index (κ1) is 21.9. The third-order valence-electron chi connectivity index (χ3n) is 4.88. The van der Waals surface area contributed by atoms with Gasteiger partial charge in [-0.2, -0.15) is 0 Å². The van der Waals surface area contributed by atoms with E-state index < -0.39 is 23.8 Å². The third kappa shape index (κ3) is 4.64. The molecule has 8 heteroatoms. The van der Waals surface area contributed by atoms with Crippen molar-refractivity contribution in [1.82, 2.24) is 0 Å². The normalized spacial score (nSPS) is 10.6. The molecule has 7 nitrogen and oxygen atoms in total. The minimum Gasteiger partial charge on any atom is -0.493 e. The Morgan fingerprint density at radius 2 is 1.70 bits per heavy atom. The van der Waals surface area contributed by atoms with Crippen LogP contribution >= 0.6 is 0 Å². The van der Waals surface area contributed by atoms with Crippen LogP contribution < -0.4 is 25.0 Å². The maximum Gasteiger partial charge on any atom is 0.262 e. The Kier molecular flexibility index (Phi) is 6.26. The summed E-state index contributed by atoms with van der Waals surface area (Å²) in [5.74, 6) is 0.0331. The number of carbonyl (C=O) groups excluding carboxylic acids is 1. The molecule has 0 atom stereocenters. The van der Waals surface area contributed by atoms with Crippen LogP contribution in [0.25, 0.3) is 22.3 Å². The number of halogens is 1. The lowest BCUT2D eigenvalue weighted by Gasteiger charge is -2.13. The van der Waals surface area contributed by atoms with E-state index in [0.717, 1.165) is 0 Å². The average molecular weight is 449 g/mol. The number of hydrogen-bond acceptors (Lipinski definition) is 6. The van der Waals surface area contributed by atoms with Crippen LogP contribution in [0.1, 0.15) is 0 Å². The number of carbonyl (C=O) groups is 1. The van der Waals surface area contributed by atoms with Gasteiger partial charge in [0.05, 0.1) is 19.6 Å². The van der Waals surface area contributed by atoms with Crippen LogP contribution in [0.15, 0.2) is 75.9 Å². The molecule has 0 aliphatic heterocycles. The van der Waals surface area contributed by atoms with Gasteiger partial charge in [-0.1, -0.05) is 12.1 Å². The molecule has 0 saturated carbocycles. The maximum absolute atomic E-state index is 13.2. The van der Waals surface area contributed by atoms with E-state index in [9.17, 15) is 14.0 Å². The van der Waals surface area contributed by atoms with Crippen LogP contribution in [0, 0.1) is 5.82 Å². The number of anilines is 1. The van der Waals surface area contributed by atoms with Gasteiger partial charge in [0.25, 0.3) is 5.91 Å². The summed E-state index contributed by atoms with van der Waals surface area (Å²) in [5.41, 5.74) is 0.853. The summed E-state index contributed by atoms with van der Waals surface area (Å²) in [5, 5.41) is 2.90. The van der Waals surface area contributed by atoms with Crippen molar-refractivity contribution in [3.8, 4) is 28.6 Å². The Hall–Kier alpha value is -4.33. The van der Waals surface area contributed by atoms with Crippen molar-refractivity contribution in [2.45, 2.75) is 0 Å². The third-order valence-corrected chi connectivity index (χ3v) is 4.88. The molecule has 1 amide bonds. The van der Waals surface area contributed by atoms with Gasteiger partial charge in [0.2, 0.25) is 11.2 Å². The van der Waals surface area contributed by atoms with Gasteiger partial charge >= 0.3 is 0 Å². The first-order chi connectivity index (χ1) is 16.0. The van der Waals surface area contributed by atoms with Gasteiger partial charge in [0, 0.05) is 11.3 Å². The summed E-state index contributed by atoms with van der Waals surface area (Å²) in [4.78, 5) is 25.6. The van der Waals surface area contributed by atoms with Crippen LogP contribution in [0.3, 0.4) is 0 Å². The fourth-order valence-electron chi connectivity index (χ4n) is 3.29. The minimum absolute atomic E-state index is 0.116. The zero-order valence-corrected chi connectivity index (χ0v) is 17.9. The van der Waals surface area contributed by atoms with Gasteiger partial charge in [0.1, 0.15) is 11.4 Å². The number of hydrogen-bond donors (Lipinski definition) is 1. The second-order valence-electron chi connectivity index (χ2n) is 7.00. The second-order valence-corrected chi connectivity index (χ2v) is 7.00. The highest BCUT2D eigenvalue weighted by Crippen LogP contribution is 2.36. The van der Waals surface area contributed by atoms with Crippen LogP contribution in [0.2, 0.25) is 0 Å². The second kappa shape index (κ2) is 9.44. The van der Waals surface area contributed by atoms with Gasteiger partial charge in [0.15, 0.2) is 23.9 Å². The summed E-state index contributed by atoms with van der Waals surface area (Å²) < 4.78 is 35.4. The molecule has 0 aliphatic carbocycles. The molecule has 4 aromatic rings. The topological polar surface area (TPSA) is 87.0 Å². The van der Waals surface area contributed by atoms with E-state index in [1.54, 1.807) is 42.5 Å². The predicted molar refractivity (Wildman–Crippen MR) is 122 cm³/mol. The Balaban J connectivity index is 1.70. The molecule has 0 unspecified atom stereocenters. The van der Waals surface area contributed by atoms with Gasteiger partial charge < -0.3 is 23.9 Å². The minimum atomic E-state index is -0.521. The van der Waals surface area contributed by atoms with Crippen molar-refractivity contribution in [3.63, 3.8) is 0 Å². The number of ether oxygens (including phenoxy) is 3. The SMILES string of the molecule is COc1ccc(-c2oc3ccccc3c(=O)c2OCC(=O)Nc2ccc(F)cc2)cc1OC. The summed E-state index contributed by atoms with van der Waals surface area (Å²) in [6.45, 7) is -0.458. The smallest absolute Gasteiger partial charge is 0.262 e. The van der Waals surface area contributed by atoms with Crippen LogP contribution in [-0.2, 0) is 4.79 Å².